The largest absolute Gasteiger partial charge is 0.420 e. The fourth-order valence-corrected chi connectivity index (χ4v) is 1.71. The summed E-state index contributed by atoms with van der Waals surface area (Å²) in [5.74, 6) is -1.16. The Hall–Kier alpha value is -1.31. The minimum absolute atomic E-state index is 0.00683. The van der Waals surface area contributed by atoms with Gasteiger partial charge in [0.1, 0.15) is 0 Å². The monoisotopic (exact) mass is 309 g/mol. The number of hydrogen-bond donors (Lipinski definition) is 2. The van der Waals surface area contributed by atoms with Crippen molar-refractivity contribution in [3.05, 3.63) is 16.7 Å². The number of carbonyl (C=O) groups excluding carboxylic acids is 1. The molecular weight excluding hydrogens is 303 g/mol. The highest BCUT2D eigenvalue weighted by Gasteiger charge is 2.59. The summed E-state index contributed by atoms with van der Waals surface area (Å²) in [6, 6.07) is 1.48. The number of rotatable bonds is 0. The maximum absolute atomic E-state index is 12.8. The van der Waals surface area contributed by atoms with E-state index in [1.807, 2.05) is 0 Å². The molecule has 1 aromatic rings. The Morgan fingerprint density at radius 2 is 2.12 bits per heavy atom. The molecule has 0 spiro atoms. The second-order valence-electron chi connectivity index (χ2n) is 3.75. The molecule has 1 aliphatic rings. The van der Waals surface area contributed by atoms with E-state index in [1.165, 1.54) is 12.3 Å². The molecule has 0 fully saturated rings. The average Bonchev–Trinajstić information content (AvgIpc) is 2.19. The Morgan fingerprint density at radius 1 is 1.47 bits per heavy atom. The predicted octanol–water partition coefficient (Wildman–Crippen LogP) is 2.53. The SMILES string of the molecule is CC1(C(F)(F)F)Nc2ncc(Br)cc2NC1=O. The van der Waals surface area contributed by atoms with Gasteiger partial charge in [-0.2, -0.15) is 13.2 Å². The van der Waals surface area contributed by atoms with Crippen LogP contribution in [0.15, 0.2) is 16.7 Å². The number of carbonyl (C=O) groups is 1. The van der Waals surface area contributed by atoms with E-state index in [1.54, 1.807) is 0 Å². The van der Waals surface area contributed by atoms with Crippen LogP contribution < -0.4 is 10.6 Å². The van der Waals surface area contributed by atoms with Gasteiger partial charge in [-0.1, -0.05) is 0 Å². The van der Waals surface area contributed by atoms with Gasteiger partial charge in [-0.25, -0.2) is 4.98 Å². The van der Waals surface area contributed by atoms with Crippen LogP contribution in [0.5, 0.6) is 0 Å². The van der Waals surface area contributed by atoms with E-state index in [-0.39, 0.29) is 11.5 Å². The highest BCUT2D eigenvalue weighted by Crippen LogP contribution is 2.39. The van der Waals surface area contributed by atoms with Crippen LogP contribution in [0.4, 0.5) is 24.7 Å². The zero-order valence-corrected chi connectivity index (χ0v) is 10.1. The van der Waals surface area contributed by atoms with Crippen molar-refractivity contribution in [1.82, 2.24) is 4.98 Å². The molecule has 1 aromatic heterocycles. The van der Waals surface area contributed by atoms with Gasteiger partial charge in [0.05, 0.1) is 5.69 Å². The molecule has 2 rings (SSSR count). The van der Waals surface area contributed by atoms with Gasteiger partial charge in [-0.3, -0.25) is 4.79 Å². The molecule has 17 heavy (non-hydrogen) atoms. The van der Waals surface area contributed by atoms with E-state index in [0.717, 1.165) is 6.92 Å². The summed E-state index contributed by atoms with van der Waals surface area (Å²) in [7, 11) is 0. The zero-order chi connectivity index (χ0) is 12.8. The van der Waals surface area contributed by atoms with Gasteiger partial charge in [0.2, 0.25) is 5.54 Å². The number of anilines is 2. The van der Waals surface area contributed by atoms with Crippen LogP contribution in [0, 0.1) is 0 Å². The minimum Gasteiger partial charge on any atom is -0.347 e. The maximum Gasteiger partial charge on any atom is 0.420 e. The Kier molecular flexibility index (Phi) is 2.57. The Morgan fingerprint density at radius 3 is 2.71 bits per heavy atom. The van der Waals surface area contributed by atoms with Crippen LogP contribution in [-0.4, -0.2) is 22.6 Å². The van der Waals surface area contributed by atoms with Crippen LogP contribution in [0.3, 0.4) is 0 Å². The van der Waals surface area contributed by atoms with Crippen molar-refractivity contribution in [3.8, 4) is 0 Å². The average molecular weight is 310 g/mol. The topological polar surface area (TPSA) is 54.0 Å². The summed E-state index contributed by atoms with van der Waals surface area (Å²) in [4.78, 5) is 15.3. The molecule has 0 saturated carbocycles. The standard InChI is InChI=1S/C9H7BrF3N3O/c1-8(9(11,12)13)7(17)15-5-2-4(10)3-14-6(5)16-8/h2-3H,1H3,(H,14,16)(H,15,17). The van der Waals surface area contributed by atoms with Gasteiger partial charge >= 0.3 is 6.18 Å². The fourth-order valence-electron chi connectivity index (χ4n) is 1.37. The van der Waals surface area contributed by atoms with Crippen molar-refractivity contribution in [3.63, 3.8) is 0 Å². The normalized spacial score (nSPS) is 23.7. The van der Waals surface area contributed by atoms with Gasteiger partial charge in [0.25, 0.3) is 5.91 Å². The van der Waals surface area contributed by atoms with E-state index >= 15 is 0 Å². The number of pyridine rings is 1. The van der Waals surface area contributed by atoms with Gasteiger partial charge < -0.3 is 10.6 Å². The quantitative estimate of drug-likeness (QED) is 0.774. The molecule has 2 N–H and O–H groups in total. The molecular formula is C9H7BrF3N3O. The minimum atomic E-state index is -4.70. The van der Waals surface area contributed by atoms with E-state index in [9.17, 15) is 18.0 Å². The number of amides is 1. The lowest BCUT2D eigenvalue weighted by molar-refractivity contribution is -0.179. The third-order valence-electron chi connectivity index (χ3n) is 2.49. The number of alkyl halides is 3. The molecule has 0 radical (unpaired) electrons. The second-order valence-corrected chi connectivity index (χ2v) is 4.67. The van der Waals surface area contributed by atoms with Crippen LogP contribution in [0.1, 0.15) is 6.92 Å². The molecule has 2 heterocycles. The fraction of sp³-hybridized carbons (Fsp3) is 0.333. The first kappa shape index (κ1) is 12.2. The van der Waals surface area contributed by atoms with Crippen molar-refractivity contribution in [2.45, 2.75) is 18.6 Å². The van der Waals surface area contributed by atoms with E-state index in [0.29, 0.717) is 4.47 Å². The third-order valence-corrected chi connectivity index (χ3v) is 2.93. The molecule has 1 aliphatic heterocycles. The van der Waals surface area contributed by atoms with Gasteiger partial charge in [-0.15, -0.1) is 0 Å². The van der Waals surface area contributed by atoms with Gasteiger partial charge in [-0.05, 0) is 28.9 Å². The van der Waals surface area contributed by atoms with Crippen LogP contribution in [-0.2, 0) is 4.79 Å². The summed E-state index contributed by atoms with van der Waals surface area (Å²) in [5, 5.41) is 4.31. The van der Waals surface area contributed by atoms with Crippen molar-refractivity contribution >= 4 is 33.3 Å². The number of nitrogens with one attached hydrogen (secondary N) is 2. The number of aromatic nitrogens is 1. The maximum atomic E-state index is 12.8. The van der Waals surface area contributed by atoms with Crippen LogP contribution in [0.2, 0.25) is 0 Å². The smallest absolute Gasteiger partial charge is 0.347 e. The van der Waals surface area contributed by atoms with Gasteiger partial charge in [0.15, 0.2) is 5.82 Å². The molecule has 0 saturated heterocycles. The third kappa shape index (κ3) is 1.86. The summed E-state index contributed by atoms with van der Waals surface area (Å²) < 4.78 is 38.9. The lowest BCUT2D eigenvalue weighted by Crippen LogP contribution is -2.60. The van der Waals surface area contributed by atoms with E-state index < -0.39 is 17.6 Å². The van der Waals surface area contributed by atoms with Crippen LogP contribution in [0.25, 0.3) is 0 Å². The van der Waals surface area contributed by atoms with Crippen molar-refractivity contribution < 1.29 is 18.0 Å². The zero-order valence-electron chi connectivity index (χ0n) is 8.52. The molecule has 0 aromatic carbocycles. The number of hydrogen-bond acceptors (Lipinski definition) is 3. The van der Waals surface area contributed by atoms with Crippen molar-refractivity contribution in [2.24, 2.45) is 0 Å². The number of fused-ring (bicyclic) bond motifs is 1. The first-order valence-electron chi connectivity index (χ1n) is 4.56. The molecule has 1 unspecified atom stereocenters. The van der Waals surface area contributed by atoms with Gasteiger partial charge in [0, 0.05) is 10.7 Å². The summed E-state index contributed by atoms with van der Waals surface area (Å²) in [6.45, 7) is 0.773. The molecule has 0 bridgehead atoms. The summed E-state index contributed by atoms with van der Waals surface area (Å²) in [6.07, 6.45) is -3.36. The lowest BCUT2D eigenvalue weighted by Gasteiger charge is -2.36. The predicted molar refractivity (Wildman–Crippen MR) is 58.6 cm³/mol. The molecule has 1 atom stereocenters. The highest BCUT2D eigenvalue weighted by atomic mass is 79.9. The molecule has 0 aliphatic carbocycles. The Balaban J connectivity index is 2.47. The summed E-state index contributed by atoms with van der Waals surface area (Å²) in [5.41, 5.74) is -2.45. The highest BCUT2D eigenvalue weighted by molar-refractivity contribution is 9.10. The first-order chi connectivity index (χ1) is 7.74. The number of halogens is 4. The molecule has 1 amide bonds. The first-order valence-corrected chi connectivity index (χ1v) is 5.35. The van der Waals surface area contributed by atoms with Crippen LogP contribution >= 0.6 is 15.9 Å². The van der Waals surface area contributed by atoms with Crippen molar-refractivity contribution in [2.75, 3.05) is 10.6 Å². The Labute approximate surface area is 103 Å². The van der Waals surface area contributed by atoms with Crippen molar-refractivity contribution in [1.29, 1.82) is 0 Å². The Bertz CT molecular complexity index is 491. The van der Waals surface area contributed by atoms with E-state index in [2.05, 4.69) is 31.5 Å². The molecule has 92 valence electrons. The lowest BCUT2D eigenvalue weighted by atomic mass is 9.98. The number of nitrogens with zero attached hydrogens (tertiary/aromatic N) is 1. The summed E-state index contributed by atoms with van der Waals surface area (Å²) >= 11 is 3.11. The molecule has 8 heteroatoms. The molecule has 4 nitrogen and oxygen atoms in total. The second kappa shape index (κ2) is 3.59. The van der Waals surface area contributed by atoms with E-state index in [4.69, 9.17) is 0 Å².